The first-order valence-corrected chi connectivity index (χ1v) is 8.24. The number of nitrogens with zero attached hydrogens (tertiary/aromatic N) is 3. The first-order chi connectivity index (χ1) is 11.1. The zero-order valence-electron chi connectivity index (χ0n) is 13.4. The molecule has 23 heavy (non-hydrogen) atoms. The van der Waals surface area contributed by atoms with E-state index in [1.807, 2.05) is 19.1 Å². The largest absolute Gasteiger partial charge is 0.495 e. The molecule has 2 rings (SSSR count). The molecular weight excluding hydrogens is 314 g/mol. The molecule has 0 aliphatic rings. The van der Waals surface area contributed by atoms with Crippen LogP contribution in [-0.4, -0.2) is 33.1 Å². The van der Waals surface area contributed by atoms with Gasteiger partial charge in [-0.3, -0.25) is 4.79 Å². The Kier molecular flexibility index (Phi) is 5.86. The number of ether oxygens (including phenoxy) is 1. The highest BCUT2D eigenvalue weighted by Crippen LogP contribution is 2.26. The molecule has 7 nitrogen and oxygen atoms in total. The number of methoxy groups -OCH3 is 1. The molecule has 0 aliphatic heterocycles. The monoisotopic (exact) mass is 335 g/mol. The van der Waals surface area contributed by atoms with Crippen molar-refractivity contribution >= 4 is 23.4 Å². The molecule has 0 radical (unpaired) electrons. The lowest BCUT2D eigenvalue weighted by Crippen LogP contribution is -2.24. The number of benzene rings is 1. The van der Waals surface area contributed by atoms with Gasteiger partial charge in [0.2, 0.25) is 11.1 Å². The van der Waals surface area contributed by atoms with Gasteiger partial charge in [-0.15, -0.1) is 10.2 Å². The number of para-hydroxylation sites is 2. The fourth-order valence-electron chi connectivity index (χ4n) is 1.98. The van der Waals surface area contributed by atoms with Crippen LogP contribution in [0.3, 0.4) is 0 Å². The molecule has 0 spiro atoms. The third-order valence-corrected chi connectivity index (χ3v) is 4.28. The quantitative estimate of drug-likeness (QED) is 0.594. The normalized spacial score (nSPS) is 12.0. The summed E-state index contributed by atoms with van der Waals surface area (Å²) in [4.78, 5) is 12.3. The van der Waals surface area contributed by atoms with Crippen molar-refractivity contribution in [2.24, 2.45) is 0 Å². The summed E-state index contributed by atoms with van der Waals surface area (Å²) in [6, 6.07) is 7.27. The second-order valence-corrected chi connectivity index (χ2v) is 6.28. The second kappa shape index (κ2) is 7.87. The fraction of sp³-hybridized carbons (Fsp3) is 0.400. The van der Waals surface area contributed by atoms with Crippen LogP contribution >= 0.6 is 11.8 Å². The fourth-order valence-corrected chi connectivity index (χ4v) is 2.76. The van der Waals surface area contributed by atoms with E-state index in [0.717, 1.165) is 12.8 Å². The number of rotatable bonds is 7. The first kappa shape index (κ1) is 17.1. The van der Waals surface area contributed by atoms with Crippen molar-refractivity contribution in [2.75, 3.05) is 18.3 Å². The predicted molar refractivity (Wildman–Crippen MR) is 91.1 cm³/mol. The first-order valence-electron chi connectivity index (χ1n) is 7.36. The van der Waals surface area contributed by atoms with Crippen molar-refractivity contribution in [1.82, 2.24) is 14.9 Å². The molecule has 1 heterocycles. The number of carbonyl (C=O) groups is 1. The van der Waals surface area contributed by atoms with Crippen molar-refractivity contribution in [1.29, 1.82) is 0 Å². The number of hydrogen-bond acceptors (Lipinski definition) is 6. The maximum Gasteiger partial charge on any atom is 0.237 e. The minimum Gasteiger partial charge on any atom is -0.495 e. The SMILES string of the molecule is CCCc1nnc(S[C@H](C)C(=O)Nc2ccccc2OC)n1N. The Hall–Kier alpha value is -2.22. The Morgan fingerprint density at radius 2 is 2.17 bits per heavy atom. The smallest absolute Gasteiger partial charge is 0.237 e. The average Bonchev–Trinajstić information content (AvgIpc) is 2.89. The van der Waals surface area contributed by atoms with Crippen molar-refractivity contribution in [3.05, 3.63) is 30.1 Å². The number of anilines is 1. The molecule has 0 unspecified atom stereocenters. The van der Waals surface area contributed by atoms with Gasteiger partial charge in [-0.05, 0) is 25.5 Å². The van der Waals surface area contributed by atoms with Gasteiger partial charge in [0.1, 0.15) is 5.75 Å². The topological polar surface area (TPSA) is 95.1 Å². The Bertz CT molecular complexity index is 674. The molecule has 1 aromatic heterocycles. The van der Waals surface area contributed by atoms with Gasteiger partial charge in [0.25, 0.3) is 0 Å². The summed E-state index contributed by atoms with van der Waals surface area (Å²) in [6.45, 7) is 3.84. The highest BCUT2D eigenvalue weighted by molar-refractivity contribution is 8.00. The van der Waals surface area contributed by atoms with Crippen LogP contribution in [0, 0.1) is 0 Å². The summed E-state index contributed by atoms with van der Waals surface area (Å²) in [7, 11) is 1.56. The summed E-state index contributed by atoms with van der Waals surface area (Å²) in [5.41, 5.74) is 0.633. The Labute approximate surface area is 139 Å². The van der Waals surface area contributed by atoms with E-state index in [0.29, 0.717) is 22.4 Å². The van der Waals surface area contributed by atoms with E-state index in [4.69, 9.17) is 10.6 Å². The third kappa shape index (κ3) is 4.16. The van der Waals surface area contributed by atoms with Gasteiger partial charge in [0.05, 0.1) is 18.0 Å². The Morgan fingerprint density at radius 1 is 1.43 bits per heavy atom. The molecule has 2 aromatic rings. The molecule has 124 valence electrons. The van der Waals surface area contributed by atoms with Crippen molar-refractivity contribution < 1.29 is 9.53 Å². The van der Waals surface area contributed by atoms with Gasteiger partial charge in [-0.2, -0.15) is 0 Å². The van der Waals surface area contributed by atoms with Crippen LogP contribution in [-0.2, 0) is 11.2 Å². The summed E-state index contributed by atoms with van der Waals surface area (Å²) in [6.07, 6.45) is 1.69. The standard InChI is InChI=1S/C15H21N5O2S/c1-4-7-13-18-19-15(20(13)16)23-10(2)14(21)17-11-8-5-6-9-12(11)22-3/h5-6,8-10H,4,7,16H2,1-3H3,(H,17,21)/t10-/m1/s1. The van der Waals surface area contributed by atoms with Crippen LogP contribution in [0.2, 0.25) is 0 Å². The zero-order chi connectivity index (χ0) is 16.8. The van der Waals surface area contributed by atoms with Gasteiger partial charge >= 0.3 is 0 Å². The highest BCUT2D eigenvalue weighted by Gasteiger charge is 2.20. The number of hydrogen-bond donors (Lipinski definition) is 2. The molecule has 1 aromatic carbocycles. The van der Waals surface area contributed by atoms with E-state index >= 15 is 0 Å². The van der Waals surface area contributed by atoms with E-state index in [1.165, 1.54) is 16.4 Å². The van der Waals surface area contributed by atoms with E-state index in [-0.39, 0.29) is 11.2 Å². The van der Waals surface area contributed by atoms with Crippen LogP contribution in [0.4, 0.5) is 5.69 Å². The molecule has 8 heteroatoms. The number of carbonyl (C=O) groups excluding carboxylic acids is 1. The number of nitrogens with two attached hydrogens (primary N) is 1. The van der Waals surface area contributed by atoms with E-state index in [1.54, 1.807) is 26.2 Å². The maximum absolute atomic E-state index is 12.3. The molecule has 0 saturated heterocycles. The van der Waals surface area contributed by atoms with Gasteiger partial charge < -0.3 is 15.9 Å². The van der Waals surface area contributed by atoms with Crippen LogP contribution in [0.25, 0.3) is 0 Å². The molecule has 0 aliphatic carbocycles. The number of nitrogen functional groups attached to an aromatic ring is 1. The van der Waals surface area contributed by atoms with Gasteiger partial charge in [0.15, 0.2) is 5.82 Å². The van der Waals surface area contributed by atoms with E-state index in [2.05, 4.69) is 15.5 Å². The molecular formula is C15H21N5O2S. The number of thioether (sulfide) groups is 1. The van der Waals surface area contributed by atoms with Crippen LogP contribution in [0.5, 0.6) is 5.75 Å². The lowest BCUT2D eigenvalue weighted by Gasteiger charge is -2.13. The van der Waals surface area contributed by atoms with Crippen molar-refractivity contribution in [2.45, 2.75) is 37.1 Å². The Morgan fingerprint density at radius 3 is 2.87 bits per heavy atom. The van der Waals surface area contributed by atoms with Gasteiger partial charge in [-0.25, -0.2) is 4.68 Å². The predicted octanol–water partition coefficient (Wildman–Crippen LogP) is 2.07. The van der Waals surface area contributed by atoms with E-state index < -0.39 is 0 Å². The number of amides is 1. The van der Waals surface area contributed by atoms with E-state index in [9.17, 15) is 4.79 Å². The van der Waals surface area contributed by atoms with Crippen LogP contribution < -0.4 is 15.9 Å². The zero-order valence-corrected chi connectivity index (χ0v) is 14.3. The van der Waals surface area contributed by atoms with Crippen LogP contribution in [0.1, 0.15) is 26.1 Å². The highest BCUT2D eigenvalue weighted by atomic mass is 32.2. The minimum absolute atomic E-state index is 0.153. The minimum atomic E-state index is -0.374. The lowest BCUT2D eigenvalue weighted by molar-refractivity contribution is -0.115. The number of nitrogens with one attached hydrogen (secondary N) is 1. The van der Waals surface area contributed by atoms with Gasteiger partial charge in [0, 0.05) is 6.42 Å². The molecule has 3 N–H and O–H groups in total. The molecule has 0 fully saturated rings. The Balaban J connectivity index is 2.03. The molecule has 0 bridgehead atoms. The summed E-state index contributed by atoms with van der Waals surface area (Å²) < 4.78 is 6.67. The number of aryl methyl sites for hydroxylation is 1. The molecule has 1 atom stereocenters. The maximum atomic E-state index is 12.3. The third-order valence-electron chi connectivity index (χ3n) is 3.23. The lowest BCUT2D eigenvalue weighted by atomic mass is 10.3. The number of aromatic nitrogens is 3. The van der Waals surface area contributed by atoms with Crippen LogP contribution in [0.15, 0.2) is 29.4 Å². The van der Waals surface area contributed by atoms with Crippen molar-refractivity contribution in [3.63, 3.8) is 0 Å². The summed E-state index contributed by atoms with van der Waals surface area (Å²) in [5, 5.41) is 11.1. The summed E-state index contributed by atoms with van der Waals surface area (Å²) in [5.74, 6) is 7.13. The molecule has 1 amide bonds. The summed E-state index contributed by atoms with van der Waals surface area (Å²) >= 11 is 1.27. The van der Waals surface area contributed by atoms with Crippen molar-refractivity contribution in [3.8, 4) is 5.75 Å². The average molecular weight is 335 g/mol. The second-order valence-electron chi connectivity index (χ2n) is 4.97. The van der Waals surface area contributed by atoms with Gasteiger partial charge in [-0.1, -0.05) is 30.8 Å². The molecule has 0 saturated carbocycles.